The van der Waals surface area contributed by atoms with E-state index in [1.165, 1.54) is 19.1 Å². The third-order valence-corrected chi connectivity index (χ3v) is 6.31. The van der Waals surface area contributed by atoms with Gasteiger partial charge in [0.2, 0.25) is 0 Å². The van der Waals surface area contributed by atoms with Gasteiger partial charge in [0.25, 0.3) is 11.7 Å². The highest BCUT2D eigenvalue weighted by molar-refractivity contribution is 6.46. The van der Waals surface area contributed by atoms with Crippen LogP contribution in [0.2, 0.25) is 0 Å². The molecule has 7 nitrogen and oxygen atoms in total. The number of ketones is 1. The van der Waals surface area contributed by atoms with Crippen LogP contribution in [0.15, 0.2) is 78.4 Å². The zero-order valence-corrected chi connectivity index (χ0v) is 20.4. The summed E-state index contributed by atoms with van der Waals surface area (Å²) in [5.41, 5.74) is 3.29. The summed E-state index contributed by atoms with van der Waals surface area (Å²) in [6.07, 6.45) is 0.837. The van der Waals surface area contributed by atoms with Crippen molar-refractivity contribution < 1.29 is 29.0 Å². The maximum atomic E-state index is 13.3. The summed E-state index contributed by atoms with van der Waals surface area (Å²) >= 11 is 0. The fourth-order valence-electron chi connectivity index (χ4n) is 4.32. The first-order valence-corrected chi connectivity index (χ1v) is 11.6. The lowest BCUT2D eigenvalue weighted by atomic mass is 9.94. The lowest BCUT2D eigenvalue weighted by Crippen LogP contribution is -2.29. The van der Waals surface area contributed by atoms with Gasteiger partial charge in [0.05, 0.1) is 31.4 Å². The Hall–Kier alpha value is -4.39. The molecule has 1 saturated heterocycles. The van der Waals surface area contributed by atoms with Gasteiger partial charge in [-0.1, -0.05) is 55.5 Å². The van der Waals surface area contributed by atoms with Gasteiger partial charge in [-0.15, -0.1) is 0 Å². The number of amides is 1. The maximum absolute atomic E-state index is 13.3. The van der Waals surface area contributed by atoms with Crippen molar-refractivity contribution in [2.75, 3.05) is 14.2 Å². The van der Waals surface area contributed by atoms with Crippen molar-refractivity contribution in [2.45, 2.75) is 25.9 Å². The average molecular weight is 486 g/mol. The summed E-state index contributed by atoms with van der Waals surface area (Å²) in [5, 5.41) is 11.2. The monoisotopic (exact) mass is 485 g/mol. The molecule has 7 heteroatoms. The third-order valence-electron chi connectivity index (χ3n) is 6.31. The van der Waals surface area contributed by atoms with Crippen LogP contribution in [0.3, 0.4) is 0 Å². The number of hydrogen-bond donors (Lipinski definition) is 1. The van der Waals surface area contributed by atoms with Gasteiger partial charge in [-0.3, -0.25) is 9.59 Å². The molecule has 1 unspecified atom stereocenters. The number of aryl methyl sites for hydroxylation is 1. The summed E-state index contributed by atoms with van der Waals surface area (Å²) in [4.78, 5) is 39.7. The zero-order chi connectivity index (χ0) is 25.8. The Morgan fingerprint density at radius 1 is 0.917 bits per heavy atom. The molecule has 1 fully saturated rings. The van der Waals surface area contributed by atoms with Gasteiger partial charge in [0.15, 0.2) is 0 Å². The van der Waals surface area contributed by atoms with E-state index in [-0.39, 0.29) is 17.9 Å². The smallest absolute Gasteiger partial charge is 0.337 e. The molecule has 0 aliphatic carbocycles. The lowest BCUT2D eigenvalue weighted by molar-refractivity contribution is -0.140. The Balaban J connectivity index is 1.80. The molecule has 4 rings (SSSR count). The van der Waals surface area contributed by atoms with Gasteiger partial charge in [-0.25, -0.2) is 4.79 Å². The number of methoxy groups -OCH3 is 2. The summed E-state index contributed by atoms with van der Waals surface area (Å²) in [6, 6.07) is 20.1. The van der Waals surface area contributed by atoms with E-state index in [1.54, 1.807) is 60.7 Å². The van der Waals surface area contributed by atoms with Crippen LogP contribution in [0, 0.1) is 0 Å². The number of nitrogens with zero attached hydrogens (tertiary/aromatic N) is 1. The number of benzene rings is 3. The second kappa shape index (κ2) is 10.5. The van der Waals surface area contributed by atoms with Crippen molar-refractivity contribution in [3.63, 3.8) is 0 Å². The predicted octanol–water partition coefficient (Wildman–Crippen LogP) is 4.67. The zero-order valence-electron chi connectivity index (χ0n) is 20.4. The van der Waals surface area contributed by atoms with Crippen molar-refractivity contribution in [2.24, 2.45) is 0 Å². The predicted molar refractivity (Wildman–Crippen MR) is 134 cm³/mol. The van der Waals surface area contributed by atoms with Crippen molar-refractivity contribution in [3.05, 3.63) is 106 Å². The molecular formula is C29H27NO6. The summed E-state index contributed by atoms with van der Waals surface area (Å²) < 4.78 is 10.1. The van der Waals surface area contributed by atoms with Gasteiger partial charge >= 0.3 is 5.97 Å². The van der Waals surface area contributed by atoms with E-state index >= 15 is 0 Å². The van der Waals surface area contributed by atoms with Gasteiger partial charge in [-0.05, 0) is 47.4 Å². The molecule has 1 atom stereocenters. The van der Waals surface area contributed by atoms with E-state index < -0.39 is 23.7 Å². The van der Waals surface area contributed by atoms with Crippen molar-refractivity contribution in [1.82, 2.24) is 4.90 Å². The number of Topliss-reactive ketones (excluding diaryl/α,β-unsaturated/α-hetero) is 1. The molecule has 1 aliphatic heterocycles. The van der Waals surface area contributed by atoms with E-state index in [2.05, 4.69) is 0 Å². The standard InChI is InChI=1S/C29H27NO6/c1-4-18-8-12-20(13-9-18)26(31)24-25(22-6-5-7-23(16-22)35-2)30(28(33)27(24)32)17-19-10-14-21(15-11-19)29(34)36-3/h5-16,25,31H,4,17H2,1-3H3/b26-24+. The number of carbonyl (C=O) groups excluding carboxylic acids is 3. The van der Waals surface area contributed by atoms with Crippen LogP contribution >= 0.6 is 0 Å². The quantitative estimate of drug-likeness (QED) is 0.226. The molecule has 1 aliphatic rings. The topological polar surface area (TPSA) is 93.1 Å². The molecule has 0 saturated carbocycles. The molecule has 0 spiro atoms. The molecule has 3 aromatic carbocycles. The second-order valence-electron chi connectivity index (χ2n) is 8.44. The Morgan fingerprint density at radius 2 is 1.56 bits per heavy atom. The Bertz CT molecular complexity index is 1320. The van der Waals surface area contributed by atoms with Gasteiger partial charge < -0.3 is 19.5 Å². The first-order chi connectivity index (χ1) is 17.4. The summed E-state index contributed by atoms with van der Waals surface area (Å²) in [5.74, 6) is -1.61. The highest BCUT2D eigenvalue weighted by Gasteiger charge is 2.46. The molecule has 1 heterocycles. The molecule has 184 valence electrons. The molecule has 1 amide bonds. The summed E-state index contributed by atoms with van der Waals surface area (Å²) in [6.45, 7) is 2.13. The van der Waals surface area contributed by atoms with Crippen LogP contribution in [0.25, 0.3) is 5.76 Å². The maximum Gasteiger partial charge on any atom is 0.337 e. The number of aliphatic hydroxyl groups excluding tert-OH is 1. The first kappa shape index (κ1) is 24.7. The highest BCUT2D eigenvalue weighted by atomic mass is 16.5. The minimum Gasteiger partial charge on any atom is -0.507 e. The molecule has 36 heavy (non-hydrogen) atoms. The van der Waals surface area contributed by atoms with Crippen LogP contribution in [-0.2, 0) is 27.3 Å². The number of carbonyl (C=O) groups is 3. The molecule has 0 radical (unpaired) electrons. The van der Waals surface area contributed by atoms with Crippen LogP contribution in [0.1, 0.15) is 45.6 Å². The minimum atomic E-state index is -0.828. The first-order valence-electron chi connectivity index (χ1n) is 11.6. The van der Waals surface area contributed by atoms with Crippen molar-refractivity contribution >= 4 is 23.4 Å². The molecule has 0 aromatic heterocycles. The van der Waals surface area contributed by atoms with E-state index in [0.29, 0.717) is 28.0 Å². The van der Waals surface area contributed by atoms with E-state index in [0.717, 1.165) is 12.0 Å². The molecule has 0 bridgehead atoms. The van der Waals surface area contributed by atoms with Crippen molar-refractivity contribution in [1.29, 1.82) is 0 Å². The fraction of sp³-hybridized carbons (Fsp3) is 0.207. The van der Waals surface area contributed by atoms with Gasteiger partial charge in [0.1, 0.15) is 11.5 Å². The normalized spacial score (nSPS) is 16.8. The van der Waals surface area contributed by atoms with Crippen LogP contribution in [0.4, 0.5) is 0 Å². The van der Waals surface area contributed by atoms with Crippen LogP contribution in [0.5, 0.6) is 5.75 Å². The molecular weight excluding hydrogens is 458 g/mol. The number of esters is 1. The number of rotatable bonds is 7. The second-order valence-corrected chi connectivity index (χ2v) is 8.44. The van der Waals surface area contributed by atoms with Crippen LogP contribution in [-0.4, -0.2) is 41.9 Å². The largest absolute Gasteiger partial charge is 0.507 e. The Kier molecular flexibility index (Phi) is 7.20. The number of aliphatic hydroxyl groups is 1. The lowest BCUT2D eigenvalue weighted by Gasteiger charge is -2.26. The van der Waals surface area contributed by atoms with Gasteiger partial charge in [0, 0.05) is 12.1 Å². The third kappa shape index (κ3) is 4.73. The SMILES string of the molecule is CCc1ccc(/C(O)=C2\C(=O)C(=O)N(Cc3ccc(C(=O)OC)cc3)C2c2cccc(OC)c2)cc1. The number of ether oxygens (including phenoxy) is 2. The number of likely N-dealkylation sites (tertiary alicyclic amines) is 1. The van der Waals surface area contributed by atoms with E-state index in [9.17, 15) is 19.5 Å². The summed E-state index contributed by atoms with van der Waals surface area (Å²) in [7, 11) is 2.84. The van der Waals surface area contributed by atoms with Crippen LogP contribution < -0.4 is 4.74 Å². The fourth-order valence-corrected chi connectivity index (χ4v) is 4.32. The average Bonchev–Trinajstić information content (AvgIpc) is 3.17. The van der Waals surface area contributed by atoms with E-state index in [4.69, 9.17) is 9.47 Å². The number of hydrogen-bond acceptors (Lipinski definition) is 6. The van der Waals surface area contributed by atoms with E-state index in [1.807, 2.05) is 19.1 Å². The van der Waals surface area contributed by atoms with Crippen molar-refractivity contribution in [3.8, 4) is 5.75 Å². The molecule has 3 aromatic rings. The van der Waals surface area contributed by atoms with Gasteiger partial charge in [-0.2, -0.15) is 0 Å². The highest BCUT2D eigenvalue weighted by Crippen LogP contribution is 2.41. The minimum absolute atomic E-state index is 0.0173. The molecule has 1 N–H and O–H groups in total. The Morgan fingerprint density at radius 3 is 2.17 bits per heavy atom. The Labute approximate surface area is 209 Å².